The molecule has 0 aromatic carbocycles. The van der Waals surface area contributed by atoms with Crippen molar-refractivity contribution in [2.45, 2.75) is 71.8 Å². The van der Waals surface area contributed by atoms with Crippen LogP contribution < -0.4 is 5.32 Å². The number of nitrogens with one attached hydrogen (secondary N) is 1. The molecule has 0 aliphatic heterocycles. The highest BCUT2D eigenvalue weighted by Gasteiger charge is 2.25. The maximum atomic E-state index is 3.68. The van der Waals surface area contributed by atoms with E-state index < -0.39 is 0 Å². The summed E-state index contributed by atoms with van der Waals surface area (Å²) in [5.74, 6) is 8.01. The molecule has 1 heteroatoms. The number of rotatable bonds is 4. The van der Waals surface area contributed by atoms with Crippen LogP contribution in [-0.4, -0.2) is 12.1 Å². The second-order valence-electron chi connectivity index (χ2n) is 6.40. The third-order valence-electron chi connectivity index (χ3n) is 3.78. The average molecular weight is 235 g/mol. The molecule has 98 valence electrons. The van der Waals surface area contributed by atoms with Crippen LogP contribution in [0.1, 0.15) is 66.2 Å². The van der Waals surface area contributed by atoms with Gasteiger partial charge in [0.15, 0.2) is 0 Å². The minimum Gasteiger partial charge on any atom is -0.312 e. The van der Waals surface area contributed by atoms with Gasteiger partial charge >= 0.3 is 0 Å². The lowest BCUT2D eigenvalue weighted by Crippen LogP contribution is -2.41. The first-order valence-corrected chi connectivity index (χ1v) is 7.17. The first-order chi connectivity index (χ1) is 8.03. The van der Waals surface area contributed by atoms with Gasteiger partial charge in [0, 0.05) is 12.0 Å². The Morgan fingerprint density at radius 1 is 1.12 bits per heavy atom. The SMILES string of the molecule is CC#CCCC1CCCCC1CNC(C)(C)C. The lowest BCUT2D eigenvalue weighted by atomic mass is 9.76. The third-order valence-corrected chi connectivity index (χ3v) is 3.78. The molecule has 0 amide bonds. The van der Waals surface area contributed by atoms with E-state index in [-0.39, 0.29) is 5.54 Å². The van der Waals surface area contributed by atoms with Crippen molar-refractivity contribution in [3.8, 4) is 11.8 Å². The Hall–Kier alpha value is -0.480. The number of hydrogen-bond donors (Lipinski definition) is 1. The fourth-order valence-electron chi connectivity index (χ4n) is 2.75. The van der Waals surface area contributed by atoms with Gasteiger partial charge in [-0.1, -0.05) is 19.3 Å². The molecule has 0 spiro atoms. The summed E-state index contributed by atoms with van der Waals surface area (Å²) in [6, 6.07) is 0. The van der Waals surface area contributed by atoms with Crippen molar-refractivity contribution in [3.05, 3.63) is 0 Å². The molecule has 0 saturated heterocycles. The molecule has 1 rings (SSSR count). The highest BCUT2D eigenvalue weighted by Crippen LogP contribution is 2.33. The zero-order valence-electron chi connectivity index (χ0n) is 12.1. The summed E-state index contributed by atoms with van der Waals surface area (Å²) < 4.78 is 0. The predicted octanol–water partition coefficient (Wildman–Crippen LogP) is 3.98. The molecule has 1 nitrogen and oxygen atoms in total. The predicted molar refractivity (Wildman–Crippen MR) is 75.9 cm³/mol. The van der Waals surface area contributed by atoms with Gasteiger partial charge in [-0.25, -0.2) is 0 Å². The van der Waals surface area contributed by atoms with Crippen molar-refractivity contribution in [2.75, 3.05) is 6.54 Å². The van der Waals surface area contributed by atoms with Gasteiger partial charge in [-0.2, -0.15) is 0 Å². The van der Waals surface area contributed by atoms with Crippen LogP contribution in [0.15, 0.2) is 0 Å². The van der Waals surface area contributed by atoms with Crippen LogP contribution in [0, 0.1) is 23.7 Å². The smallest absolute Gasteiger partial charge is 0.00966 e. The summed E-state index contributed by atoms with van der Waals surface area (Å²) in [4.78, 5) is 0. The summed E-state index contributed by atoms with van der Waals surface area (Å²) in [5.41, 5.74) is 0.255. The van der Waals surface area contributed by atoms with E-state index >= 15 is 0 Å². The third kappa shape index (κ3) is 6.13. The Morgan fingerprint density at radius 2 is 1.76 bits per heavy atom. The Balaban J connectivity index is 2.38. The van der Waals surface area contributed by atoms with Crippen LogP contribution in [0.4, 0.5) is 0 Å². The Bertz CT molecular complexity index is 263. The summed E-state index contributed by atoms with van der Waals surface area (Å²) in [6.07, 6.45) is 8.07. The van der Waals surface area contributed by atoms with E-state index in [0.717, 1.165) is 18.3 Å². The van der Waals surface area contributed by atoms with Gasteiger partial charge < -0.3 is 5.32 Å². The highest BCUT2D eigenvalue weighted by atomic mass is 14.9. The lowest BCUT2D eigenvalue weighted by molar-refractivity contribution is 0.205. The van der Waals surface area contributed by atoms with Crippen LogP contribution in [0.25, 0.3) is 0 Å². The van der Waals surface area contributed by atoms with Gasteiger partial charge in [-0.3, -0.25) is 0 Å². The van der Waals surface area contributed by atoms with Gasteiger partial charge in [0.2, 0.25) is 0 Å². The van der Waals surface area contributed by atoms with Crippen molar-refractivity contribution in [3.63, 3.8) is 0 Å². The standard InChI is InChI=1S/C16H29N/c1-5-6-7-10-14-11-8-9-12-15(14)13-17-16(2,3)4/h14-15,17H,7-13H2,1-4H3. The van der Waals surface area contributed by atoms with Crippen molar-refractivity contribution in [1.29, 1.82) is 0 Å². The second-order valence-corrected chi connectivity index (χ2v) is 6.40. The van der Waals surface area contributed by atoms with Gasteiger partial charge in [-0.15, -0.1) is 11.8 Å². The number of hydrogen-bond acceptors (Lipinski definition) is 1. The Morgan fingerprint density at radius 3 is 2.35 bits per heavy atom. The quantitative estimate of drug-likeness (QED) is 0.727. The van der Waals surface area contributed by atoms with Crippen LogP contribution in [0.3, 0.4) is 0 Å². The summed E-state index contributed by atoms with van der Waals surface area (Å²) in [7, 11) is 0. The molecule has 0 radical (unpaired) electrons. The average Bonchev–Trinajstić information content (AvgIpc) is 2.27. The van der Waals surface area contributed by atoms with Gasteiger partial charge in [-0.05, 0) is 58.9 Å². The van der Waals surface area contributed by atoms with E-state index in [1.54, 1.807) is 0 Å². The lowest BCUT2D eigenvalue weighted by Gasteiger charge is -2.34. The zero-order chi connectivity index (χ0) is 12.7. The van der Waals surface area contributed by atoms with Crippen LogP contribution in [0.5, 0.6) is 0 Å². The van der Waals surface area contributed by atoms with Crippen molar-refractivity contribution < 1.29 is 0 Å². The van der Waals surface area contributed by atoms with Crippen LogP contribution >= 0.6 is 0 Å². The van der Waals surface area contributed by atoms with Crippen molar-refractivity contribution in [1.82, 2.24) is 5.32 Å². The Kier molecular flexibility index (Phi) is 6.06. The van der Waals surface area contributed by atoms with Crippen LogP contribution in [-0.2, 0) is 0 Å². The topological polar surface area (TPSA) is 12.0 Å². The van der Waals surface area contributed by atoms with Gasteiger partial charge in [0.25, 0.3) is 0 Å². The molecular weight excluding hydrogens is 206 g/mol. The van der Waals surface area contributed by atoms with Gasteiger partial charge in [0.05, 0.1) is 0 Å². The minimum absolute atomic E-state index is 0.255. The van der Waals surface area contributed by atoms with E-state index in [2.05, 4.69) is 37.9 Å². The fraction of sp³-hybridized carbons (Fsp3) is 0.875. The molecule has 0 bridgehead atoms. The van der Waals surface area contributed by atoms with E-state index in [1.165, 1.54) is 38.6 Å². The monoisotopic (exact) mass is 235 g/mol. The molecule has 2 unspecified atom stereocenters. The molecule has 0 heterocycles. The molecule has 1 N–H and O–H groups in total. The molecule has 1 aliphatic carbocycles. The summed E-state index contributed by atoms with van der Waals surface area (Å²) in [6.45, 7) is 9.90. The highest BCUT2D eigenvalue weighted by molar-refractivity contribution is 4.95. The maximum absolute atomic E-state index is 3.68. The van der Waals surface area contributed by atoms with Crippen LogP contribution in [0.2, 0.25) is 0 Å². The Labute approximate surface area is 108 Å². The van der Waals surface area contributed by atoms with E-state index in [1.807, 2.05) is 6.92 Å². The molecule has 0 aromatic rings. The summed E-state index contributed by atoms with van der Waals surface area (Å²) in [5, 5.41) is 3.68. The van der Waals surface area contributed by atoms with Crippen molar-refractivity contribution in [2.24, 2.45) is 11.8 Å². The normalized spacial score (nSPS) is 25.2. The molecule has 1 fully saturated rings. The van der Waals surface area contributed by atoms with E-state index in [4.69, 9.17) is 0 Å². The fourth-order valence-corrected chi connectivity index (χ4v) is 2.75. The summed E-state index contributed by atoms with van der Waals surface area (Å²) >= 11 is 0. The first kappa shape index (κ1) is 14.6. The maximum Gasteiger partial charge on any atom is 0.00966 e. The molecule has 0 aromatic heterocycles. The molecule has 1 aliphatic rings. The largest absolute Gasteiger partial charge is 0.312 e. The van der Waals surface area contributed by atoms with E-state index in [9.17, 15) is 0 Å². The van der Waals surface area contributed by atoms with E-state index in [0.29, 0.717) is 0 Å². The molecule has 2 atom stereocenters. The zero-order valence-corrected chi connectivity index (χ0v) is 12.1. The second kappa shape index (κ2) is 7.07. The van der Waals surface area contributed by atoms with Crippen molar-refractivity contribution >= 4 is 0 Å². The molecular formula is C16H29N. The minimum atomic E-state index is 0.255. The molecule has 1 saturated carbocycles. The molecule has 17 heavy (non-hydrogen) atoms. The first-order valence-electron chi connectivity index (χ1n) is 7.17. The van der Waals surface area contributed by atoms with Gasteiger partial charge in [0.1, 0.15) is 0 Å².